The molecule has 0 aliphatic carbocycles. The third kappa shape index (κ3) is 33.3. The van der Waals surface area contributed by atoms with Gasteiger partial charge in [-0.2, -0.15) is 0 Å². The van der Waals surface area contributed by atoms with Crippen molar-refractivity contribution in [3.63, 3.8) is 0 Å². The first-order chi connectivity index (χ1) is 32.4. The highest BCUT2D eigenvalue weighted by atomic mass is 16.7. The maximum Gasteiger partial charge on any atom is 0.306 e. The predicted molar refractivity (Wildman–Crippen MR) is 257 cm³/mol. The summed E-state index contributed by atoms with van der Waals surface area (Å²) in [7, 11) is 0. The predicted octanol–water partition coefficient (Wildman–Crippen LogP) is 10.7. The van der Waals surface area contributed by atoms with Crippen LogP contribution in [-0.2, 0) is 66.7 Å². The molecular formula is C53H82O14. The van der Waals surface area contributed by atoms with Crippen LogP contribution in [0.2, 0.25) is 0 Å². The zero-order chi connectivity index (χ0) is 49.3. The molecule has 0 aromatic rings. The molecule has 0 aromatic carbocycles. The number of unbranched alkanes of at least 4 members (excludes halogenated alkanes) is 10. The lowest BCUT2D eigenvalue weighted by Crippen LogP contribution is -2.63. The molecule has 14 heteroatoms. The Labute approximate surface area is 400 Å². The third-order valence-electron chi connectivity index (χ3n) is 10.2. The molecule has 0 bridgehead atoms. The highest BCUT2D eigenvalue weighted by Gasteiger charge is 2.53. The number of ether oxygens (including phenoxy) is 8. The first-order valence-corrected chi connectivity index (χ1v) is 24.5. The van der Waals surface area contributed by atoms with E-state index in [0.29, 0.717) is 12.8 Å². The summed E-state index contributed by atoms with van der Waals surface area (Å²) in [6, 6.07) is 0. The maximum absolute atomic E-state index is 13.1. The zero-order valence-electron chi connectivity index (χ0n) is 41.4. The fraction of sp³-hybridized carbons (Fsp3) is 0.660. The van der Waals surface area contributed by atoms with E-state index in [-0.39, 0.29) is 19.4 Å². The molecule has 1 aliphatic rings. The van der Waals surface area contributed by atoms with E-state index in [9.17, 15) is 28.8 Å². The molecular weight excluding hydrogens is 861 g/mol. The Hall–Kier alpha value is -4.82. The molecule has 378 valence electrons. The van der Waals surface area contributed by atoms with E-state index in [0.717, 1.165) is 85.0 Å². The van der Waals surface area contributed by atoms with Crippen molar-refractivity contribution in [2.24, 2.45) is 0 Å². The average Bonchev–Trinajstić information content (AvgIpc) is 3.27. The van der Waals surface area contributed by atoms with Crippen molar-refractivity contribution < 1.29 is 66.7 Å². The van der Waals surface area contributed by atoms with Gasteiger partial charge >= 0.3 is 35.8 Å². The van der Waals surface area contributed by atoms with E-state index in [1.165, 1.54) is 45.4 Å². The molecule has 0 spiro atoms. The molecule has 0 amide bonds. The Morgan fingerprint density at radius 3 is 1.33 bits per heavy atom. The first-order valence-electron chi connectivity index (χ1n) is 24.5. The van der Waals surface area contributed by atoms with Crippen LogP contribution < -0.4 is 0 Å². The number of hydrogen-bond donors (Lipinski definition) is 0. The average molecular weight is 943 g/mol. The van der Waals surface area contributed by atoms with Crippen LogP contribution in [0.1, 0.15) is 170 Å². The fourth-order valence-corrected chi connectivity index (χ4v) is 6.79. The molecule has 14 nitrogen and oxygen atoms in total. The van der Waals surface area contributed by atoms with Gasteiger partial charge in [0.1, 0.15) is 19.3 Å². The smallest absolute Gasteiger partial charge is 0.306 e. The molecule has 6 atom stereocenters. The summed E-state index contributed by atoms with van der Waals surface area (Å²) in [5, 5.41) is 0. The maximum atomic E-state index is 13.1. The minimum absolute atomic E-state index is 0.0985. The summed E-state index contributed by atoms with van der Waals surface area (Å²) in [6.07, 6.45) is 35.5. The van der Waals surface area contributed by atoms with Crippen molar-refractivity contribution in [3.05, 3.63) is 72.9 Å². The van der Waals surface area contributed by atoms with Gasteiger partial charge in [0.2, 0.25) is 0 Å². The van der Waals surface area contributed by atoms with Gasteiger partial charge < -0.3 is 37.9 Å². The van der Waals surface area contributed by atoms with Gasteiger partial charge in [0.25, 0.3) is 0 Å². The Balaban J connectivity index is 2.92. The zero-order valence-corrected chi connectivity index (χ0v) is 41.4. The lowest BCUT2D eigenvalue weighted by molar-refractivity contribution is -0.311. The van der Waals surface area contributed by atoms with E-state index in [4.69, 9.17) is 37.9 Å². The molecule has 67 heavy (non-hydrogen) atoms. The van der Waals surface area contributed by atoms with Crippen LogP contribution in [0.25, 0.3) is 0 Å². The minimum atomic E-state index is -1.51. The summed E-state index contributed by atoms with van der Waals surface area (Å²) in [5.41, 5.74) is 0. The van der Waals surface area contributed by atoms with Crippen molar-refractivity contribution in [1.82, 2.24) is 0 Å². The van der Waals surface area contributed by atoms with Gasteiger partial charge in [-0.3, -0.25) is 28.8 Å². The topological polar surface area (TPSA) is 176 Å². The quantitative estimate of drug-likeness (QED) is 0.0249. The second-order valence-corrected chi connectivity index (χ2v) is 16.5. The molecule has 1 fully saturated rings. The Kier molecular flexibility index (Phi) is 36.2. The summed E-state index contributed by atoms with van der Waals surface area (Å²) >= 11 is 0. The summed E-state index contributed by atoms with van der Waals surface area (Å²) in [5.74, 6) is -4.06. The molecule has 0 radical (unpaired) electrons. The number of carbonyl (C=O) groups excluding carboxylic acids is 6. The molecule has 0 unspecified atom stereocenters. The van der Waals surface area contributed by atoms with Crippen molar-refractivity contribution in [3.8, 4) is 0 Å². The largest absolute Gasteiger partial charge is 0.463 e. The monoisotopic (exact) mass is 943 g/mol. The number of carbonyl (C=O) groups is 6. The van der Waals surface area contributed by atoms with Gasteiger partial charge in [-0.15, -0.1) is 0 Å². The van der Waals surface area contributed by atoms with Crippen LogP contribution in [0.15, 0.2) is 72.9 Å². The van der Waals surface area contributed by atoms with Gasteiger partial charge in [0.05, 0.1) is 6.61 Å². The summed E-state index contributed by atoms with van der Waals surface area (Å²) in [4.78, 5) is 74.5. The highest BCUT2D eigenvalue weighted by Crippen LogP contribution is 2.30. The summed E-state index contributed by atoms with van der Waals surface area (Å²) < 4.78 is 44.9. The van der Waals surface area contributed by atoms with E-state index in [1.807, 2.05) is 0 Å². The van der Waals surface area contributed by atoms with E-state index in [2.05, 4.69) is 86.8 Å². The van der Waals surface area contributed by atoms with Crippen molar-refractivity contribution in [1.29, 1.82) is 0 Å². The molecule has 0 saturated carbocycles. The number of hydrogen-bond acceptors (Lipinski definition) is 14. The molecule has 1 heterocycles. The normalized spacial score (nSPS) is 19.2. The van der Waals surface area contributed by atoms with Crippen LogP contribution in [0.4, 0.5) is 0 Å². The Morgan fingerprint density at radius 1 is 0.463 bits per heavy atom. The second kappa shape index (κ2) is 40.3. The van der Waals surface area contributed by atoms with E-state index >= 15 is 0 Å². The number of esters is 6. The van der Waals surface area contributed by atoms with E-state index < -0.39 is 85.8 Å². The van der Waals surface area contributed by atoms with Crippen LogP contribution in [-0.4, -0.2) is 92.4 Å². The second-order valence-electron chi connectivity index (χ2n) is 16.5. The van der Waals surface area contributed by atoms with Gasteiger partial charge in [-0.1, -0.05) is 112 Å². The third-order valence-corrected chi connectivity index (χ3v) is 10.2. The van der Waals surface area contributed by atoms with Gasteiger partial charge in [0.15, 0.2) is 30.7 Å². The Bertz CT molecular complexity index is 1580. The lowest BCUT2D eigenvalue weighted by Gasteiger charge is -2.44. The van der Waals surface area contributed by atoms with Crippen LogP contribution in [0, 0.1) is 0 Å². The summed E-state index contributed by atoms with van der Waals surface area (Å²) in [6.45, 7) is 7.72. The fourth-order valence-electron chi connectivity index (χ4n) is 6.79. The van der Waals surface area contributed by atoms with Crippen molar-refractivity contribution >= 4 is 35.8 Å². The molecule has 1 aliphatic heterocycles. The molecule has 0 aromatic heterocycles. The lowest BCUT2D eigenvalue weighted by atomic mass is 9.98. The van der Waals surface area contributed by atoms with E-state index in [1.54, 1.807) is 0 Å². The van der Waals surface area contributed by atoms with Crippen LogP contribution >= 0.6 is 0 Å². The first kappa shape index (κ1) is 60.2. The number of rotatable bonds is 37. The van der Waals surface area contributed by atoms with Crippen LogP contribution in [0.3, 0.4) is 0 Å². The van der Waals surface area contributed by atoms with Gasteiger partial charge in [-0.25, -0.2) is 0 Å². The Morgan fingerprint density at radius 2 is 0.881 bits per heavy atom. The molecule has 1 rings (SSSR count). The minimum Gasteiger partial charge on any atom is -0.463 e. The van der Waals surface area contributed by atoms with Gasteiger partial charge in [0, 0.05) is 40.5 Å². The molecule has 0 N–H and O–H groups in total. The highest BCUT2D eigenvalue weighted by molar-refractivity contribution is 5.70. The van der Waals surface area contributed by atoms with Crippen LogP contribution in [0.5, 0.6) is 0 Å². The standard InChI is InChI=1S/C53H82O14/c1-7-9-11-13-15-17-19-21-23-25-27-29-31-33-35-37-48(58)61-39-46(66-49(59)38-36-34-32-30-28-26-24-22-20-18-16-14-12-10-8-2)40-62-53-52(65-45(6)57)51(64-44(5)56)50(63-43(4)55)47(67-53)41-60-42(3)54/h15-18,21-24,27-30,46-47,50-53H,7-14,19-20,25-26,31-41H2,1-6H3/b17-15-,18-16-,23-21-,24-22-,29-27-,30-28-/t46-,47-,50+,51+,52-,53-/m1/s1. The SMILES string of the molecule is CCCCC/C=C\C/C=C\C/C=C\CCCCC(=O)OC[C@H](CO[C@@H]1O[C@H](COC(C)=O)[C@H](OC(C)=O)[C@H](OC(C)=O)[C@H]1OC(C)=O)OC(=O)CCCC/C=C\C/C=C\C/C=C\CCCCC. The van der Waals surface area contributed by atoms with Crippen molar-refractivity contribution in [2.45, 2.75) is 207 Å². The number of allylic oxidation sites excluding steroid dienone is 12. The molecule has 1 saturated heterocycles. The van der Waals surface area contributed by atoms with Gasteiger partial charge in [-0.05, 0) is 89.9 Å². The van der Waals surface area contributed by atoms with Crippen molar-refractivity contribution in [2.75, 3.05) is 19.8 Å².